The largest absolute Gasteiger partial charge is 0.489 e. The van der Waals surface area contributed by atoms with Crippen LogP contribution in [0.3, 0.4) is 0 Å². The van der Waals surface area contributed by atoms with E-state index in [0.29, 0.717) is 19.0 Å². The third-order valence-corrected chi connectivity index (χ3v) is 3.60. The molecule has 1 aromatic heterocycles. The molecule has 25 heavy (non-hydrogen) atoms. The Morgan fingerprint density at radius 2 is 2.08 bits per heavy atom. The molecule has 0 spiro atoms. The number of para-hydroxylation sites is 1. The molecular formula is C18H27IN4O2. The first kappa shape index (κ1) is 21.3. The summed E-state index contributed by atoms with van der Waals surface area (Å²) in [5, 5.41) is 10.4. The first-order chi connectivity index (χ1) is 11.6. The zero-order valence-electron chi connectivity index (χ0n) is 15.2. The maximum atomic E-state index is 5.95. The number of hydrogen-bond acceptors (Lipinski definition) is 4. The van der Waals surface area contributed by atoms with Crippen molar-refractivity contribution in [2.75, 3.05) is 13.6 Å². The molecular weight excluding hydrogens is 431 g/mol. The van der Waals surface area contributed by atoms with Crippen molar-refractivity contribution in [2.24, 2.45) is 4.99 Å². The summed E-state index contributed by atoms with van der Waals surface area (Å²) in [6.07, 6.45) is 0.881. The van der Waals surface area contributed by atoms with Crippen LogP contribution in [0.15, 0.2) is 39.8 Å². The van der Waals surface area contributed by atoms with E-state index in [1.54, 1.807) is 7.05 Å². The van der Waals surface area contributed by atoms with Gasteiger partial charge in [-0.1, -0.05) is 30.3 Å². The van der Waals surface area contributed by atoms with Crippen molar-refractivity contribution in [2.45, 2.75) is 39.8 Å². The smallest absolute Gasteiger partial charge is 0.191 e. The summed E-state index contributed by atoms with van der Waals surface area (Å²) in [6.45, 7) is 7.30. The molecule has 1 heterocycles. The van der Waals surface area contributed by atoms with Crippen LogP contribution < -0.4 is 15.4 Å². The molecule has 2 N–H and O–H groups in total. The van der Waals surface area contributed by atoms with Gasteiger partial charge in [0.25, 0.3) is 0 Å². The monoisotopic (exact) mass is 458 g/mol. The number of aromatic nitrogens is 1. The van der Waals surface area contributed by atoms with Crippen LogP contribution in [0.5, 0.6) is 5.75 Å². The van der Waals surface area contributed by atoms with Crippen LogP contribution >= 0.6 is 24.0 Å². The fraction of sp³-hybridized carbons (Fsp3) is 0.444. The van der Waals surface area contributed by atoms with E-state index in [1.165, 1.54) is 0 Å². The predicted molar refractivity (Wildman–Crippen MR) is 111 cm³/mol. The molecule has 0 amide bonds. The van der Waals surface area contributed by atoms with Crippen LogP contribution in [0.1, 0.15) is 30.9 Å². The minimum Gasteiger partial charge on any atom is -0.489 e. The molecule has 138 valence electrons. The van der Waals surface area contributed by atoms with Crippen LogP contribution in [0.25, 0.3) is 0 Å². The Labute approximate surface area is 166 Å². The maximum Gasteiger partial charge on any atom is 0.191 e. The highest BCUT2D eigenvalue weighted by molar-refractivity contribution is 14.0. The number of aliphatic imine (C=N–C) groups is 1. The average molecular weight is 458 g/mol. The van der Waals surface area contributed by atoms with Gasteiger partial charge in [0.05, 0.1) is 18.8 Å². The normalized spacial score (nSPS) is 12.2. The highest BCUT2D eigenvalue weighted by Gasteiger charge is 2.08. The van der Waals surface area contributed by atoms with E-state index < -0.39 is 0 Å². The molecule has 0 bridgehead atoms. The van der Waals surface area contributed by atoms with Gasteiger partial charge in [-0.3, -0.25) is 4.99 Å². The standard InChI is InChI=1S/C18H26N4O2.HI/c1-5-15-10-16(24-22-15)12-21-18(19-4)20-11-14(3)23-17-9-7-6-8-13(17)2;/h6-10,14H,5,11-12H2,1-4H3,(H2,19,20,21);1H. The molecule has 1 unspecified atom stereocenters. The number of ether oxygens (including phenoxy) is 1. The number of aryl methyl sites for hydroxylation is 2. The van der Waals surface area contributed by atoms with Gasteiger partial charge in [-0.2, -0.15) is 0 Å². The number of nitrogens with one attached hydrogen (secondary N) is 2. The van der Waals surface area contributed by atoms with E-state index in [0.717, 1.165) is 29.2 Å². The van der Waals surface area contributed by atoms with Gasteiger partial charge in [0.1, 0.15) is 11.9 Å². The molecule has 1 atom stereocenters. The maximum absolute atomic E-state index is 5.95. The fourth-order valence-electron chi connectivity index (χ4n) is 2.18. The second-order valence-electron chi connectivity index (χ2n) is 5.64. The zero-order valence-corrected chi connectivity index (χ0v) is 17.5. The van der Waals surface area contributed by atoms with E-state index in [1.807, 2.05) is 51.1 Å². The summed E-state index contributed by atoms with van der Waals surface area (Å²) in [4.78, 5) is 4.20. The van der Waals surface area contributed by atoms with Gasteiger partial charge in [-0.15, -0.1) is 24.0 Å². The summed E-state index contributed by atoms with van der Waals surface area (Å²) in [5.41, 5.74) is 2.08. The summed E-state index contributed by atoms with van der Waals surface area (Å²) in [6, 6.07) is 9.95. The van der Waals surface area contributed by atoms with Crippen LogP contribution in [0, 0.1) is 6.92 Å². The molecule has 2 aromatic rings. The molecule has 0 aliphatic rings. The molecule has 1 aromatic carbocycles. The van der Waals surface area contributed by atoms with E-state index in [-0.39, 0.29) is 30.1 Å². The van der Waals surface area contributed by atoms with Crippen molar-refractivity contribution in [1.29, 1.82) is 0 Å². The lowest BCUT2D eigenvalue weighted by atomic mass is 10.2. The Morgan fingerprint density at radius 3 is 2.72 bits per heavy atom. The molecule has 2 rings (SSSR count). The minimum absolute atomic E-state index is 0. The lowest BCUT2D eigenvalue weighted by Crippen LogP contribution is -2.41. The number of benzene rings is 1. The SMILES string of the molecule is CCc1cc(CNC(=NC)NCC(C)Oc2ccccc2C)on1.I. The molecule has 0 aliphatic heterocycles. The second-order valence-corrected chi connectivity index (χ2v) is 5.64. The summed E-state index contributed by atoms with van der Waals surface area (Å²) in [5.74, 6) is 2.40. The third-order valence-electron chi connectivity index (χ3n) is 3.60. The third kappa shape index (κ3) is 6.93. The molecule has 0 saturated heterocycles. The summed E-state index contributed by atoms with van der Waals surface area (Å²) < 4.78 is 11.2. The Bertz CT molecular complexity index is 673. The number of halogens is 1. The van der Waals surface area contributed by atoms with Crippen molar-refractivity contribution >= 4 is 29.9 Å². The van der Waals surface area contributed by atoms with Crippen molar-refractivity contribution < 1.29 is 9.26 Å². The Balaban J connectivity index is 0.00000312. The van der Waals surface area contributed by atoms with Crippen molar-refractivity contribution in [3.63, 3.8) is 0 Å². The van der Waals surface area contributed by atoms with Gasteiger partial charge in [0, 0.05) is 13.1 Å². The lowest BCUT2D eigenvalue weighted by Gasteiger charge is -2.18. The molecule has 0 saturated carbocycles. The van der Waals surface area contributed by atoms with Crippen LogP contribution in [0.4, 0.5) is 0 Å². The van der Waals surface area contributed by atoms with Gasteiger partial charge in [-0.05, 0) is 31.9 Å². The zero-order chi connectivity index (χ0) is 17.4. The quantitative estimate of drug-likeness (QED) is 0.379. The van der Waals surface area contributed by atoms with Crippen LogP contribution in [-0.2, 0) is 13.0 Å². The number of rotatable bonds is 7. The highest BCUT2D eigenvalue weighted by Crippen LogP contribution is 2.17. The van der Waals surface area contributed by atoms with Crippen molar-refractivity contribution in [3.8, 4) is 5.75 Å². The van der Waals surface area contributed by atoms with Gasteiger partial charge in [-0.25, -0.2) is 0 Å². The molecule has 0 aliphatic carbocycles. The van der Waals surface area contributed by atoms with Gasteiger partial charge in [0.2, 0.25) is 0 Å². The van der Waals surface area contributed by atoms with Gasteiger partial charge in [0.15, 0.2) is 11.7 Å². The number of hydrogen-bond donors (Lipinski definition) is 2. The first-order valence-electron chi connectivity index (χ1n) is 8.23. The van der Waals surface area contributed by atoms with Crippen molar-refractivity contribution in [3.05, 3.63) is 47.3 Å². The summed E-state index contributed by atoms with van der Waals surface area (Å²) >= 11 is 0. The second kappa shape index (κ2) is 11.0. The van der Waals surface area contributed by atoms with E-state index in [9.17, 15) is 0 Å². The predicted octanol–water partition coefficient (Wildman–Crippen LogP) is 3.30. The highest BCUT2D eigenvalue weighted by atomic mass is 127. The topological polar surface area (TPSA) is 71.7 Å². The van der Waals surface area contributed by atoms with Gasteiger partial charge < -0.3 is 19.9 Å². The Hall–Kier alpha value is -1.77. The van der Waals surface area contributed by atoms with E-state index in [2.05, 4.69) is 20.8 Å². The molecule has 6 nitrogen and oxygen atoms in total. The fourth-order valence-corrected chi connectivity index (χ4v) is 2.18. The van der Waals surface area contributed by atoms with Crippen LogP contribution in [0.2, 0.25) is 0 Å². The molecule has 0 fully saturated rings. The van der Waals surface area contributed by atoms with Crippen LogP contribution in [-0.4, -0.2) is 30.8 Å². The van der Waals surface area contributed by atoms with E-state index >= 15 is 0 Å². The lowest BCUT2D eigenvalue weighted by molar-refractivity contribution is 0.222. The molecule has 0 radical (unpaired) electrons. The van der Waals surface area contributed by atoms with E-state index in [4.69, 9.17) is 9.26 Å². The van der Waals surface area contributed by atoms with Crippen molar-refractivity contribution in [1.82, 2.24) is 15.8 Å². The summed E-state index contributed by atoms with van der Waals surface area (Å²) in [7, 11) is 1.74. The molecule has 7 heteroatoms. The number of nitrogens with zero attached hydrogens (tertiary/aromatic N) is 2. The van der Waals surface area contributed by atoms with Gasteiger partial charge >= 0.3 is 0 Å². The Morgan fingerprint density at radius 1 is 1.32 bits per heavy atom. The number of guanidine groups is 1. The minimum atomic E-state index is 0. The average Bonchev–Trinajstić information content (AvgIpc) is 3.05. The Kier molecular flexibility index (Phi) is 9.33. The first-order valence-corrected chi connectivity index (χ1v) is 8.23.